The first kappa shape index (κ1) is 16.5. The van der Waals surface area contributed by atoms with E-state index in [1.54, 1.807) is 0 Å². The van der Waals surface area contributed by atoms with E-state index in [0.717, 1.165) is 6.61 Å². The molecule has 1 nitrogen and oxygen atoms in total. The fourth-order valence-electron chi connectivity index (χ4n) is 3.75. The molecule has 0 heterocycles. The third kappa shape index (κ3) is 2.93. The monoisotopic (exact) mass is 312 g/mol. The van der Waals surface area contributed by atoms with Gasteiger partial charge in [-0.25, -0.2) is 0 Å². The maximum absolute atomic E-state index is 6.36. The molecule has 4 rings (SSSR count). The SMILES string of the molecule is CCO[SiH](C1C=Cc2ccccc21)C1C=Cc2ccccc21.[LiH]. The van der Waals surface area contributed by atoms with Crippen LogP contribution in [0, 0.1) is 0 Å². The summed E-state index contributed by atoms with van der Waals surface area (Å²) in [6, 6.07) is 17.5. The molecule has 23 heavy (non-hydrogen) atoms. The van der Waals surface area contributed by atoms with Crippen molar-refractivity contribution in [3.63, 3.8) is 0 Å². The van der Waals surface area contributed by atoms with Gasteiger partial charge >= 0.3 is 18.9 Å². The predicted octanol–water partition coefficient (Wildman–Crippen LogP) is 3.80. The van der Waals surface area contributed by atoms with Crippen LogP contribution in [0.5, 0.6) is 0 Å². The molecule has 0 saturated carbocycles. The Bertz CT molecular complexity index is 691. The Balaban J connectivity index is 0.00000156. The Kier molecular flexibility index (Phi) is 5.09. The van der Waals surface area contributed by atoms with E-state index in [-0.39, 0.29) is 18.9 Å². The summed E-state index contributed by atoms with van der Waals surface area (Å²) in [5.41, 5.74) is 6.56. The van der Waals surface area contributed by atoms with Gasteiger partial charge in [-0.3, -0.25) is 0 Å². The molecule has 2 aromatic rings. The average molecular weight is 312 g/mol. The maximum atomic E-state index is 6.36. The van der Waals surface area contributed by atoms with Crippen LogP contribution >= 0.6 is 0 Å². The Hall–Kier alpha value is -1.31. The summed E-state index contributed by atoms with van der Waals surface area (Å²) in [6.07, 6.45) is 9.27. The Labute approximate surface area is 152 Å². The first-order valence-corrected chi connectivity index (χ1v) is 9.85. The summed E-state index contributed by atoms with van der Waals surface area (Å²) >= 11 is 0. The van der Waals surface area contributed by atoms with Gasteiger partial charge < -0.3 is 4.43 Å². The number of allylic oxidation sites excluding steroid dienone is 2. The molecule has 3 heteroatoms. The predicted molar refractivity (Wildman–Crippen MR) is 102 cm³/mol. The second-order valence-electron chi connectivity index (χ2n) is 5.95. The van der Waals surface area contributed by atoms with Gasteiger partial charge in [0.1, 0.15) is 0 Å². The fourth-order valence-corrected chi connectivity index (χ4v) is 6.97. The number of rotatable bonds is 4. The quantitative estimate of drug-likeness (QED) is 0.780. The van der Waals surface area contributed by atoms with Gasteiger partial charge in [0.25, 0.3) is 0 Å². The number of fused-ring (bicyclic) bond motifs is 2. The van der Waals surface area contributed by atoms with E-state index in [9.17, 15) is 0 Å². The van der Waals surface area contributed by atoms with Gasteiger partial charge in [0.15, 0.2) is 9.04 Å². The van der Waals surface area contributed by atoms with Crippen LogP contribution in [0.3, 0.4) is 0 Å². The molecule has 0 bridgehead atoms. The van der Waals surface area contributed by atoms with E-state index in [0.29, 0.717) is 11.1 Å². The second kappa shape index (κ2) is 7.07. The van der Waals surface area contributed by atoms with Crippen molar-refractivity contribution < 1.29 is 4.43 Å². The molecule has 0 N–H and O–H groups in total. The molecular weight excluding hydrogens is 291 g/mol. The molecule has 2 aromatic carbocycles. The van der Waals surface area contributed by atoms with E-state index >= 15 is 0 Å². The van der Waals surface area contributed by atoms with Gasteiger partial charge in [-0.1, -0.05) is 72.8 Å². The summed E-state index contributed by atoms with van der Waals surface area (Å²) in [6.45, 7) is 2.92. The van der Waals surface area contributed by atoms with Crippen LogP contribution < -0.4 is 0 Å². The Morgan fingerprint density at radius 3 is 1.78 bits per heavy atom. The average Bonchev–Trinajstić information content (AvgIpc) is 3.17. The van der Waals surface area contributed by atoms with Gasteiger partial charge in [0.2, 0.25) is 0 Å². The first-order valence-electron chi connectivity index (χ1n) is 8.04. The molecule has 0 amide bonds. The van der Waals surface area contributed by atoms with Gasteiger partial charge in [0.05, 0.1) is 0 Å². The van der Waals surface area contributed by atoms with E-state index in [1.165, 1.54) is 22.3 Å². The molecule has 0 radical (unpaired) electrons. The Morgan fingerprint density at radius 1 is 0.826 bits per heavy atom. The molecule has 2 aliphatic rings. The minimum atomic E-state index is -1.49. The van der Waals surface area contributed by atoms with Crippen molar-refractivity contribution in [2.75, 3.05) is 6.61 Å². The topological polar surface area (TPSA) is 9.23 Å². The van der Waals surface area contributed by atoms with Crippen LogP contribution in [0.15, 0.2) is 60.7 Å². The second-order valence-corrected chi connectivity index (χ2v) is 8.65. The zero-order valence-electron chi connectivity index (χ0n) is 12.8. The molecule has 112 valence electrons. The van der Waals surface area contributed by atoms with E-state index in [1.807, 2.05) is 0 Å². The van der Waals surface area contributed by atoms with Crippen molar-refractivity contribution in [2.45, 2.75) is 18.0 Å². The Morgan fingerprint density at radius 2 is 1.30 bits per heavy atom. The number of hydrogen-bond acceptors (Lipinski definition) is 1. The van der Waals surface area contributed by atoms with Crippen LogP contribution in [0.1, 0.15) is 40.3 Å². The number of hydrogen-bond donors (Lipinski definition) is 0. The van der Waals surface area contributed by atoms with Gasteiger partial charge in [-0.2, -0.15) is 0 Å². The van der Waals surface area contributed by atoms with Crippen LogP contribution in [0.25, 0.3) is 12.2 Å². The third-order valence-corrected chi connectivity index (χ3v) is 8.04. The van der Waals surface area contributed by atoms with Gasteiger partial charge in [0, 0.05) is 17.7 Å². The van der Waals surface area contributed by atoms with Crippen LogP contribution in [-0.2, 0) is 4.43 Å². The van der Waals surface area contributed by atoms with E-state index in [2.05, 4.69) is 79.8 Å². The summed E-state index contributed by atoms with van der Waals surface area (Å²) < 4.78 is 6.36. The summed E-state index contributed by atoms with van der Waals surface area (Å²) in [4.78, 5) is 0. The normalized spacial score (nSPS) is 21.6. The minimum absolute atomic E-state index is 0. The fraction of sp³-hybridized carbons (Fsp3) is 0.200. The standard InChI is InChI=1S/C20H20OSi.Li.H/c1-2-21-22(19-13-11-15-7-3-5-9-17(15)19)20-14-12-16-8-4-6-10-18(16)20;;/h3-14,19-20,22H,2H2,1H3;;. The zero-order chi connectivity index (χ0) is 14.9. The molecule has 0 saturated heterocycles. The van der Waals surface area contributed by atoms with E-state index < -0.39 is 9.04 Å². The van der Waals surface area contributed by atoms with Crippen molar-refractivity contribution >= 4 is 40.1 Å². The van der Waals surface area contributed by atoms with Gasteiger partial charge in [-0.15, -0.1) is 0 Å². The molecule has 0 fully saturated rings. The molecule has 2 aliphatic carbocycles. The number of benzene rings is 2. The van der Waals surface area contributed by atoms with Crippen molar-refractivity contribution in [1.82, 2.24) is 0 Å². The molecule has 2 unspecified atom stereocenters. The van der Waals surface area contributed by atoms with Crippen molar-refractivity contribution in [3.05, 3.63) is 82.9 Å². The zero-order valence-corrected chi connectivity index (χ0v) is 13.9. The van der Waals surface area contributed by atoms with Crippen LogP contribution in [-0.4, -0.2) is 34.5 Å². The molecule has 0 aliphatic heterocycles. The molecule has 0 spiro atoms. The summed E-state index contributed by atoms with van der Waals surface area (Å²) in [7, 11) is -1.49. The molecule has 0 aromatic heterocycles. The molecular formula is C20H21LiOSi. The first-order chi connectivity index (χ1) is 10.9. The van der Waals surface area contributed by atoms with Gasteiger partial charge in [-0.05, 0) is 29.2 Å². The van der Waals surface area contributed by atoms with Crippen LogP contribution in [0.4, 0.5) is 0 Å². The van der Waals surface area contributed by atoms with Crippen molar-refractivity contribution in [1.29, 1.82) is 0 Å². The van der Waals surface area contributed by atoms with Crippen molar-refractivity contribution in [2.24, 2.45) is 0 Å². The third-order valence-electron chi connectivity index (χ3n) is 4.74. The summed E-state index contributed by atoms with van der Waals surface area (Å²) in [5.74, 6) is 0. The van der Waals surface area contributed by atoms with Crippen LogP contribution in [0.2, 0.25) is 0 Å². The molecule has 2 atom stereocenters. The van der Waals surface area contributed by atoms with Crippen molar-refractivity contribution in [3.8, 4) is 0 Å². The van der Waals surface area contributed by atoms with E-state index in [4.69, 9.17) is 4.43 Å². The summed E-state index contributed by atoms with van der Waals surface area (Å²) in [5, 5.41) is 0.